The number of aromatic nitrogens is 2. The van der Waals surface area contributed by atoms with Crippen LogP contribution in [0.2, 0.25) is 0 Å². The minimum absolute atomic E-state index is 0.0658. The van der Waals surface area contributed by atoms with E-state index in [2.05, 4.69) is 4.98 Å². The molecule has 1 saturated heterocycles. The predicted octanol–water partition coefficient (Wildman–Crippen LogP) is 1.69. The Labute approximate surface area is 101 Å². The molecule has 1 atom stereocenters. The summed E-state index contributed by atoms with van der Waals surface area (Å²) in [7, 11) is 0. The molecule has 17 heavy (non-hydrogen) atoms. The van der Waals surface area contributed by atoms with E-state index >= 15 is 0 Å². The maximum absolute atomic E-state index is 11.9. The SMILES string of the molecule is O=c1cc(C2CC2)ncn1CC1CCCCO1. The van der Waals surface area contributed by atoms with Gasteiger partial charge in [0.05, 0.1) is 24.7 Å². The number of hydrogen-bond acceptors (Lipinski definition) is 3. The second-order valence-electron chi connectivity index (χ2n) is 5.07. The summed E-state index contributed by atoms with van der Waals surface area (Å²) in [6.07, 6.45) is 7.64. The molecule has 4 nitrogen and oxygen atoms in total. The molecule has 0 N–H and O–H groups in total. The van der Waals surface area contributed by atoms with Crippen LogP contribution < -0.4 is 5.56 Å². The summed E-state index contributed by atoms with van der Waals surface area (Å²) >= 11 is 0. The zero-order valence-electron chi connectivity index (χ0n) is 9.97. The average molecular weight is 234 g/mol. The van der Waals surface area contributed by atoms with Crippen LogP contribution in [0.4, 0.5) is 0 Å². The molecule has 0 radical (unpaired) electrons. The van der Waals surface area contributed by atoms with Crippen molar-refractivity contribution in [3.05, 3.63) is 28.4 Å². The van der Waals surface area contributed by atoms with Crippen molar-refractivity contribution in [3.8, 4) is 0 Å². The van der Waals surface area contributed by atoms with Crippen LogP contribution in [0.15, 0.2) is 17.2 Å². The molecule has 1 aromatic rings. The molecule has 3 rings (SSSR count). The molecule has 2 fully saturated rings. The highest BCUT2D eigenvalue weighted by molar-refractivity contribution is 5.12. The molecule has 4 heteroatoms. The highest BCUT2D eigenvalue weighted by atomic mass is 16.5. The molecular formula is C13H18N2O2. The third-order valence-electron chi connectivity index (χ3n) is 3.57. The van der Waals surface area contributed by atoms with Crippen molar-refractivity contribution in [1.29, 1.82) is 0 Å². The fraction of sp³-hybridized carbons (Fsp3) is 0.692. The summed E-state index contributed by atoms with van der Waals surface area (Å²) < 4.78 is 7.32. The Kier molecular flexibility index (Phi) is 2.97. The van der Waals surface area contributed by atoms with Crippen molar-refractivity contribution in [2.45, 2.75) is 50.7 Å². The highest BCUT2D eigenvalue weighted by Gasteiger charge is 2.25. The van der Waals surface area contributed by atoms with Gasteiger partial charge >= 0.3 is 0 Å². The van der Waals surface area contributed by atoms with E-state index in [0.717, 1.165) is 25.1 Å². The molecule has 0 aromatic carbocycles. The lowest BCUT2D eigenvalue weighted by atomic mass is 10.1. The van der Waals surface area contributed by atoms with E-state index in [9.17, 15) is 4.79 Å². The maximum atomic E-state index is 11.9. The summed E-state index contributed by atoms with van der Waals surface area (Å²) in [5.74, 6) is 0.545. The fourth-order valence-corrected chi connectivity index (χ4v) is 2.35. The monoisotopic (exact) mass is 234 g/mol. The van der Waals surface area contributed by atoms with Gasteiger partial charge in [-0.05, 0) is 32.1 Å². The molecule has 1 aromatic heterocycles. The Bertz CT molecular complexity index is 445. The standard InChI is InChI=1S/C13H18N2O2/c16-13-7-12(10-4-5-10)14-9-15(13)8-11-3-1-2-6-17-11/h7,9-11H,1-6,8H2. The van der Waals surface area contributed by atoms with Crippen LogP contribution in [0.25, 0.3) is 0 Å². The van der Waals surface area contributed by atoms with E-state index in [4.69, 9.17) is 4.74 Å². The molecule has 0 amide bonds. The van der Waals surface area contributed by atoms with Crippen LogP contribution in [0.5, 0.6) is 0 Å². The molecule has 0 spiro atoms. The Morgan fingerprint density at radius 2 is 2.24 bits per heavy atom. The first kappa shape index (κ1) is 11.0. The number of rotatable bonds is 3. The Balaban J connectivity index is 1.71. The third-order valence-corrected chi connectivity index (χ3v) is 3.57. The van der Waals surface area contributed by atoms with Gasteiger partial charge in [0.2, 0.25) is 0 Å². The van der Waals surface area contributed by atoms with Crippen molar-refractivity contribution in [2.24, 2.45) is 0 Å². The first-order valence-electron chi connectivity index (χ1n) is 6.51. The highest BCUT2D eigenvalue weighted by Crippen LogP contribution is 2.38. The van der Waals surface area contributed by atoms with E-state index < -0.39 is 0 Å². The molecule has 92 valence electrons. The van der Waals surface area contributed by atoms with E-state index in [0.29, 0.717) is 12.5 Å². The maximum Gasteiger partial charge on any atom is 0.253 e. The summed E-state index contributed by atoms with van der Waals surface area (Å²) in [6, 6.07) is 1.69. The summed E-state index contributed by atoms with van der Waals surface area (Å²) in [5.41, 5.74) is 1.03. The lowest BCUT2D eigenvalue weighted by molar-refractivity contribution is 0.00524. The zero-order chi connectivity index (χ0) is 11.7. The lowest BCUT2D eigenvalue weighted by Gasteiger charge is -2.23. The van der Waals surface area contributed by atoms with E-state index in [-0.39, 0.29) is 11.7 Å². The summed E-state index contributed by atoms with van der Waals surface area (Å²) in [4.78, 5) is 16.3. The van der Waals surface area contributed by atoms with Crippen molar-refractivity contribution in [3.63, 3.8) is 0 Å². The van der Waals surface area contributed by atoms with Gasteiger partial charge in [-0.3, -0.25) is 9.36 Å². The Hall–Kier alpha value is -1.16. The lowest BCUT2D eigenvalue weighted by Crippen LogP contribution is -2.30. The van der Waals surface area contributed by atoms with Gasteiger partial charge in [0.25, 0.3) is 5.56 Å². The Morgan fingerprint density at radius 1 is 1.35 bits per heavy atom. The van der Waals surface area contributed by atoms with Gasteiger partial charge in [0, 0.05) is 18.6 Å². The number of nitrogens with zero attached hydrogens (tertiary/aromatic N) is 2. The summed E-state index contributed by atoms with van der Waals surface area (Å²) in [6.45, 7) is 1.48. The molecule has 1 saturated carbocycles. The number of ether oxygens (including phenoxy) is 1. The van der Waals surface area contributed by atoms with Gasteiger partial charge in [-0.1, -0.05) is 0 Å². The summed E-state index contributed by atoms with van der Waals surface area (Å²) in [5, 5.41) is 0. The van der Waals surface area contributed by atoms with Crippen molar-refractivity contribution >= 4 is 0 Å². The largest absolute Gasteiger partial charge is 0.376 e. The minimum Gasteiger partial charge on any atom is -0.376 e. The smallest absolute Gasteiger partial charge is 0.253 e. The molecule has 2 aliphatic rings. The van der Waals surface area contributed by atoms with Crippen molar-refractivity contribution in [1.82, 2.24) is 9.55 Å². The van der Waals surface area contributed by atoms with Crippen LogP contribution in [0.3, 0.4) is 0 Å². The normalized spacial score (nSPS) is 24.8. The van der Waals surface area contributed by atoms with Crippen LogP contribution >= 0.6 is 0 Å². The van der Waals surface area contributed by atoms with Gasteiger partial charge in [0.15, 0.2) is 0 Å². The third kappa shape index (κ3) is 2.57. The van der Waals surface area contributed by atoms with Gasteiger partial charge in [-0.2, -0.15) is 0 Å². The molecule has 1 aliphatic carbocycles. The second kappa shape index (κ2) is 4.61. The Morgan fingerprint density at radius 3 is 2.88 bits per heavy atom. The van der Waals surface area contributed by atoms with Crippen LogP contribution in [-0.4, -0.2) is 22.3 Å². The molecule has 1 aliphatic heterocycles. The van der Waals surface area contributed by atoms with Crippen molar-refractivity contribution in [2.75, 3.05) is 6.61 Å². The predicted molar refractivity (Wildman–Crippen MR) is 64.1 cm³/mol. The van der Waals surface area contributed by atoms with Crippen molar-refractivity contribution < 1.29 is 4.74 Å². The average Bonchev–Trinajstić information content (AvgIpc) is 3.17. The zero-order valence-corrected chi connectivity index (χ0v) is 9.97. The number of hydrogen-bond donors (Lipinski definition) is 0. The second-order valence-corrected chi connectivity index (χ2v) is 5.07. The van der Waals surface area contributed by atoms with Crippen LogP contribution in [0.1, 0.15) is 43.7 Å². The molecule has 1 unspecified atom stereocenters. The fourth-order valence-electron chi connectivity index (χ4n) is 2.35. The topological polar surface area (TPSA) is 44.1 Å². The van der Waals surface area contributed by atoms with Gasteiger partial charge in [-0.25, -0.2) is 4.98 Å². The molecule has 0 bridgehead atoms. The first-order valence-corrected chi connectivity index (χ1v) is 6.51. The van der Waals surface area contributed by atoms with Crippen LogP contribution in [0, 0.1) is 0 Å². The molecular weight excluding hydrogens is 216 g/mol. The van der Waals surface area contributed by atoms with E-state index in [1.807, 2.05) is 0 Å². The first-order chi connectivity index (χ1) is 8.33. The van der Waals surface area contributed by atoms with Gasteiger partial charge < -0.3 is 4.74 Å². The van der Waals surface area contributed by atoms with Gasteiger partial charge in [-0.15, -0.1) is 0 Å². The van der Waals surface area contributed by atoms with E-state index in [1.165, 1.54) is 19.3 Å². The molecule has 2 heterocycles. The minimum atomic E-state index is 0.0658. The van der Waals surface area contributed by atoms with Gasteiger partial charge in [0.1, 0.15) is 0 Å². The van der Waals surface area contributed by atoms with E-state index in [1.54, 1.807) is 17.0 Å². The van der Waals surface area contributed by atoms with Crippen LogP contribution in [-0.2, 0) is 11.3 Å². The quantitative estimate of drug-likeness (QED) is 0.799.